The molecule has 2 rings (SSSR count). The normalized spacial score (nSPS) is 10.8. The molecular formula is C20H20O5. The Labute approximate surface area is 146 Å². The summed E-state index contributed by atoms with van der Waals surface area (Å²) < 4.78 is 10.4. The number of ether oxygens (including phenoxy) is 2. The number of carbonyl (C=O) groups is 3. The van der Waals surface area contributed by atoms with E-state index in [0.717, 1.165) is 0 Å². The van der Waals surface area contributed by atoms with Crippen molar-refractivity contribution in [3.8, 4) is 0 Å². The summed E-state index contributed by atoms with van der Waals surface area (Å²) in [7, 11) is 0. The molecule has 0 saturated carbocycles. The molecule has 0 aliphatic carbocycles. The number of hydrogen-bond donors (Lipinski definition) is 0. The highest BCUT2D eigenvalue weighted by molar-refractivity contribution is 6.33. The van der Waals surface area contributed by atoms with Gasteiger partial charge in [0.15, 0.2) is 5.60 Å². The van der Waals surface area contributed by atoms with E-state index >= 15 is 0 Å². The molecular weight excluding hydrogens is 320 g/mol. The van der Waals surface area contributed by atoms with Crippen molar-refractivity contribution in [2.45, 2.75) is 25.9 Å². The largest absolute Gasteiger partial charge is 0.460 e. The first-order valence-corrected chi connectivity index (χ1v) is 8.00. The number of rotatable bonds is 7. The molecule has 0 spiro atoms. The van der Waals surface area contributed by atoms with Gasteiger partial charge < -0.3 is 9.47 Å². The zero-order valence-electron chi connectivity index (χ0n) is 14.2. The Hall–Kier alpha value is -2.95. The third kappa shape index (κ3) is 4.32. The minimum atomic E-state index is -1.39. The maximum atomic E-state index is 12.4. The number of carbonyl (C=O) groups excluding carboxylic acids is 3. The van der Waals surface area contributed by atoms with E-state index in [9.17, 15) is 14.4 Å². The van der Waals surface area contributed by atoms with Crippen molar-refractivity contribution < 1.29 is 23.9 Å². The Morgan fingerprint density at radius 1 is 0.880 bits per heavy atom. The number of benzene rings is 2. The van der Waals surface area contributed by atoms with Crippen molar-refractivity contribution in [2.24, 2.45) is 0 Å². The monoisotopic (exact) mass is 340 g/mol. The van der Waals surface area contributed by atoms with E-state index in [0.29, 0.717) is 11.1 Å². The van der Waals surface area contributed by atoms with Crippen molar-refractivity contribution in [1.82, 2.24) is 0 Å². The van der Waals surface area contributed by atoms with Crippen LogP contribution in [0.4, 0.5) is 0 Å². The molecule has 0 radical (unpaired) electrons. The zero-order chi connectivity index (χ0) is 18.3. The lowest BCUT2D eigenvalue weighted by Crippen LogP contribution is -2.38. The lowest BCUT2D eigenvalue weighted by molar-refractivity contribution is -0.162. The summed E-state index contributed by atoms with van der Waals surface area (Å²) in [6.45, 7) is 3.00. The summed E-state index contributed by atoms with van der Waals surface area (Å²) in [5.74, 6) is -2.24. The fraction of sp³-hybridized carbons (Fsp3) is 0.250. The van der Waals surface area contributed by atoms with E-state index in [1.165, 1.54) is 6.92 Å². The van der Waals surface area contributed by atoms with Crippen molar-refractivity contribution >= 4 is 17.7 Å². The molecule has 0 saturated heterocycles. The molecule has 2 aromatic rings. The third-order valence-corrected chi connectivity index (χ3v) is 3.71. The predicted octanol–water partition coefficient (Wildman–Crippen LogP) is 3.02. The molecule has 0 atom stereocenters. The Kier molecular flexibility index (Phi) is 6.06. The van der Waals surface area contributed by atoms with Crippen molar-refractivity contribution in [2.75, 3.05) is 6.61 Å². The van der Waals surface area contributed by atoms with Gasteiger partial charge in [-0.3, -0.25) is 9.59 Å². The summed E-state index contributed by atoms with van der Waals surface area (Å²) >= 11 is 0. The quantitative estimate of drug-likeness (QED) is 0.572. The SMILES string of the molecule is CCOC(=O)C(=O)CC(OC(C)=O)(c1ccccc1)c1ccccc1. The van der Waals surface area contributed by atoms with Gasteiger partial charge in [0.25, 0.3) is 0 Å². The first-order chi connectivity index (χ1) is 12.0. The van der Waals surface area contributed by atoms with Crippen LogP contribution in [0.2, 0.25) is 0 Å². The van der Waals surface area contributed by atoms with Gasteiger partial charge in [0, 0.05) is 18.1 Å². The lowest BCUT2D eigenvalue weighted by Gasteiger charge is -2.33. The summed E-state index contributed by atoms with van der Waals surface area (Å²) in [5.41, 5.74) is -0.179. The molecule has 0 N–H and O–H groups in total. The Morgan fingerprint density at radius 3 is 1.76 bits per heavy atom. The maximum absolute atomic E-state index is 12.4. The van der Waals surface area contributed by atoms with Crippen molar-refractivity contribution in [1.29, 1.82) is 0 Å². The first kappa shape index (κ1) is 18.4. The third-order valence-electron chi connectivity index (χ3n) is 3.71. The molecule has 5 heteroatoms. The molecule has 0 aromatic heterocycles. The van der Waals surface area contributed by atoms with Gasteiger partial charge in [-0.2, -0.15) is 0 Å². The number of esters is 2. The highest BCUT2D eigenvalue weighted by Crippen LogP contribution is 2.37. The van der Waals surface area contributed by atoms with Crippen LogP contribution in [0.25, 0.3) is 0 Å². The van der Waals surface area contributed by atoms with E-state index in [4.69, 9.17) is 9.47 Å². The molecule has 0 amide bonds. The van der Waals surface area contributed by atoms with Crippen molar-refractivity contribution in [3.63, 3.8) is 0 Å². The van der Waals surface area contributed by atoms with E-state index in [1.54, 1.807) is 55.5 Å². The predicted molar refractivity (Wildman–Crippen MR) is 91.7 cm³/mol. The molecule has 0 fully saturated rings. The molecule has 5 nitrogen and oxygen atoms in total. The lowest BCUT2D eigenvalue weighted by atomic mass is 9.82. The fourth-order valence-electron chi connectivity index (χ4n) is 2.69. The number of Topliss-reactive ketones (excluding diaryl/α,β-unsaturated/α-hetero) is 1. The topological polar surface area (TPSA) is 69.7 Å². The Morgan fingerprint density at radius 2 is 1.36 bits per heavy atom. The van der Waals surface area contributed by atoms with Gasteiger partial charge in [0.2, 0.25) is 5.78 Å². The van der Waals surface area contributed by atoms with Crippen LogP contribution < -0.4 is 0 Å². The summed E-state index contributed by atoms with van der Waals surface area (Å²) in [4.78, 5) is 36.1. The number of hydrogen-bond acceptors (Lipinski definition) is 5. The molecule has 2 aromatic carbocycles. The van der Waals surface area contributed by atoms with E-state index in [1.807, 2.05) is 12.1 Å². The minimum absolute atomic E-state index is 0.0990. The molecule has 0 bridgehead atoms. The minimum Gasteiger partial charge on any atom is -0.460 e. The van der Waals surface area contributed by atoms with Crippen LogP contribution in [0, 0.1) is 0 Å². The second-order valence-electron chi connectivity index (χ2n) is 5.47. The van der Waals surface area contributed by atoms with Gasteiger partial charge in [-0.25, -0.2) is 4.79 Å². The first-order valence-electron chi connectivity index (χ1n) is 8.00. The summed E-state index contributed by atoms with van der Waals surface area (Å²) in [6, 6.07) is 17.8. The van der Waals surface area contributed by atoms with Crippen LogP contribution in [0.1, 0.15) is 31.4 Å². The van der Waals surface area contributed by atoms with E-state index < -0.39 is 23.3 Å². The van der Waals surface area contributed by atoms with Crippen LogP contribution in [-0.4, -0.2) is 24.3 Å². The standard InChI is InChI=1S/C20H20O5/c1-3-24-19(23)18(22)14-20(25-15(2)21,16-10-6-4-7-11-16)17-12-8-5-9-13-17/h4-13H,3,14H2,1-2H3. The van der Waals surface area contributed by atoms with Gasteiger partial charge in [-0.1, -0.05) is 60.7 Å². The van der Waals surface area contributed by atoms with Gasteiger partial charge >= 0.3 is 11.9 Å². The van der Waals surface area contributed by atoms with E-state index in [2.05, 4.69) is 0 Å². The van der Waals surface area contributed by atoms with Gasteiger partial charge in [0.1, 0.15) is 0 Å². The highest BCUT2D eigenvalue weighted by Gasteiger charge is 2.41. The van der Waals surface area contributed by atoms with Crippen LogP contribution in [0.5, 0.6) is 0 Å². The Bertz CT molecular complexity index is 698. The average Bonchev–Trinajstić information content (AvgIpc) is 2.62. The van der Waals surface area contributed by atoms with Gasteiger partial charge in [0.05, 0.1) is 13.0 Å². The van der Waals surface area contributed by atoms with Gasteiger partial charge in [-0.05, 0) is 6.92 Å². The molecule has 0 aliphatic heterocycles. The van der Waals surface area contributed by atoms with Crippen LogP contribution >= 0.6 is 0 Å². The second-order valence-corrected chi connectivity index (χ2v) is 5.47. The maximum Gasteiger partial charge on any atom is 0.374 e. The summed E-state index contributed by atoms with van der Waals surface area (Å²) in [5, 5.41) is 0. The average molecular weight is 340 g/mol. The van der Waals surface area contributed by atoms with Crippen LogP contribution in [-0.2, 0) is 29.5 Å². The smallest absolute Gasteiger partial charge is 0.374 e. The Balaban J connectivity index is 2.57. The molecule has 0 heterocycles. The second kappa shape index (κ2) is 8.24. The number of ketones is 1. The summed E-state index contributed by atoms with van der Waals surface area (Å²) in [6.07, 6.45) is -0.334. The van der Waals surface area contributed by atoms with E-state index in [-0.39, 0.29) is 13.0 Å². The molecule has 25 heavy (non-hydrogen) atoms. The molecule has 0 unspecified atom stereocenters. The fourth-order valence-corrected chi connectivity index (χ4v) is 2.69. The van der Waals surface area contributed by atoms with Gasteiger partial charge in [-0.15, -0.1) is 0 Å². The van der Waals surface area contributed by atoms with Crippen LogP contribution in [0.3, 0.4) is 0 Å². The molecule has 0 aliphatic rings. The van der Waals surface area contributed by atoms with Crippen molar-refractivity contribution in [3.05, 3.63) is 71.8 Å². The zero-order valence-corrected chi connectivity index (χ0v) is 14.2. The highest BCUT2D eigenvalue weighted by atomic mass is 16.6. The van der Waals surface area contributed by atoms with Crippen LogP contribution in [0.15, 0.2) is 60.7 Å². The molecule has 130 valence electrons.